The molecule has 62 valence electrons. The largest absolute Gasteiger partial charge is 0.375 e. The zero-order chi connectivity index (χ0) is 7.47. The molecule has 2 heterocycles. The summed E-state index contributed by atoms with van der Waals surface area (Å²) in [5, 5.41) is 0. The number of hydrogen-bond acceptors (Lipinski definition) is 2. The highest BCUT2D eigenvalue weighted by Gasteiger charge is 2.66. The molecular formula is C9H14O2. The molecule has 0 amide bonds. The van der Waals surface area contributed by atoms with Crippen molar-refractivity contribution < 1.29 is 9.47 Å². The molecule has 2 heteroatoms. The predicted octanol–water partition coefficient (Wildman–Crippen LogP) is 1.34. The van der Waals surface area contributed by atoms with Crippen molar-refractivity contribution in [3.05, 3.63) is 0 Å². The van der Waals surface area contributed by atoms with Gasteiger partial charge >= 0.3 is 0 Å². The van der Waals surface area contributed by atoms with Gasteiger partial charge < -0.3 is 9.47 Å². The van der Waals surface area contributed by atoms with Gasteiger partial charge in [-0.05, 0) is 18.8 Å². The number of epoxide rings is 1. The Morgan fingerprint density at radius 1 is 1.27 bits per heavy atom. The third-order valence-corrected chi connectivity index (χ3v) is 3.44. The van der Waals surface area contributed by atoms with Crippen LogP contribution in [-0.2, 0) is 9.47 Å². The van der Waals surface area contributed by atoms with Crippen molar-refractivity contribution in [1.82, 2.24) is 0 Å². The number of ether oxygens (including phenoxy) is 2. The molecular weight excluding hydrogens is 140 g/mol. The first-order valence-corrected chi connectivity index (χ1v) is 4.61. The van der Waals surface area contributed by atoms with E-state index < -0.39 is 0 Å². The van der Waals surface area contributed by atoms with Crippen LogP contribution in [0.5, 0.6) is 0 Å². The van der Waals surface area contributed by atoms with E-state index in [1.165, 1.54) is 12.8 Å². The summed E-state index contributed by atoms with van der Waals surface area (Å²) in [6.07, 6.45) is 4.63. The maximum atomic E-state index is 5.73. The van der Waals surface area contributed by atoms with Crippen molar-refractivity contribution >= 4 is 0 Å². The molecule has 0 N–H and O–H groups in total. The predicted molar refractivity (Wildman–Crippen MR) is 40.4 cm³/mol. The van der Waals surface area contributed by atoms with Crippen LogP contribution in [0.25, 0.3) is 0 Å². The summed E-state index contributed by atoms with van der Waals surface area (Å²) in [6.45, 7) is 3.22. The second-order valence-electron chi connectivity index (χ2n) is 4.25. The quantitative estimate of drug-likeness (QED) is 0.491. The average Bonchev–Trinajstić information content (AvgIpc) is 2.49. The second kappa shape index (κ2) is 1.80. The third-order valence-electron chi connectivity index (χ3n) is 3.44. The molecule has 11 heavy (non-hydrogen) atoms. The van der Waals surface area contributed by atoms with Gasteiger partial charge in [0.05, 0.1) is 18.8 Å². The molecule has 0 radical (unpaired) electrons. The highest BCUT2D eigenvalue weighted by atomic mass is 16.7. The minimum Gasteiger partial charge on any atom is -0.375 e. The van der Waals surface area contributed by atoms with Crippen molar-refractivity contribution in [3.8, 4) is 0 Å². The summed E-state index contributed by atoms with van der Waals surface area (Å²) in [5.74, 6) is 0.804. The van der Waals surface area contributed by atoms with Gasteiger partial charge in [0.25, 0.3) is 0 Å². The summed E-state index contributed by atoms with van der Waals surface area (Å²) < 4.78 is 11.4. The van der Waals surface area contributed by atoms with Gasteiger partial charge in [-0.2, -0.15) is 0 Å². The van der Waals surface area contributed by atoms with Gasteiger partial charge in [-0.1, -0.05) is 6.92 Å². The van der Waals surface area contributed by atoms with Crippen molar-refractivity contribution in [2.75, 3.05) is 6.61 Å². The summed E-state index contributed by atoms with van der Waals surface area (Å²) in [6, 6.07) is 0. The Morgan fingerprint density at radius 2 is 2.09 bits per heavy atom. The second-order valence-corrected chi connectivity index (χ2v) is 4.25. The average molecular weight is 154 g/mol. The van der Waals surface area contributed by atoms with Crippen LogP contribution in [0.15, 0.2) is 0 Å². The zero-order valence-corrected chi connectivity index (χ0v) is 6.88. The van der Waals surface area contributed by atoms with E-state index in [2.05, 4.69) is 6.92 Å². The number of hydrogen-bond donors (Lipinski definition) is 0. The Morgan fingerprint density at radius 3 is 3.00 bits per heavy atom. The molecule has 1 spiro atoms. The fourth-order valence-electron chi connectivity index (χ4n) is 2.74. The first-order valence-electron chi connectivity index (χ1n) is 4.61. The van der Waals surface area contributed by atoms with E-state index in [1.807, 2.05) is 0 Å². The first-order chi connectivity index (χ1) is 5.31. The minimum atomic E-state index is 0.215. The van der Waals surface area contributed by atoms with Gasteiger partial charge in [0, 0.05) is 6.42 Å². The van der Waals surface area contributed by atoms with E-state index in [4.69, 9.17) is 9.47 Å². The first kappa shape index (κ1) is 6.44. The molecule has 4 atom stereocenters. The Kier molecular flexibility index (Phi) is 1.06. The Labute approximate surface area is 66.9 Å². The fourth-order valence-corrected chi connectivity index (χ4v) is 2.74. The van der Waals surface area contributed by atoms with E-state index in [-0.39, 0.29) is 5.60 Å². The summed E-state index contributed by atoms with van der Waals surface area (Å²) in [4.78, 5) is 0. The molecule has 3 rings (SSSR count). The normalized spacial score (nSPS) is 60.3. The summed E-state index contributed by atoms with van der Waals surface area (Å²) >= 11 is 0. The molecule has 1 saturated carbocycles. The minimum absolute atomic E-state index is 0.215. The van der Waals surface area contributed by atoms with Crippen LogP contribution in [-0.4, -0.2) is 24.4 Å². The summed E-state index contributed by atoms with van der Waals surface area (Å²) in [5.41, 5.74) is 0.215. The fraction of sp³-hybridized carbons (Fsp3) is 1.00. The highest BCUT2D eigenvalue weighted by Crippen LogP contribution is 2.55. The van der Waals surface area contributed by atoms with E-state index >= 15 is 0 Å². The molecule has 2 saturated heterocycles. The van der Waals surface area contributed by atoms with Gasteiger partial charge in [0.2, 0.25) is 0 Å². The topological polar surface area (TPSA) is 21.8 Å². The van der Waals surface area contributed by atoms with Crippen molar-refractivity contribution in [3.63, 3.8) is 0 Å². The van der Waals surface area contributed by atoms with E-state index in [0.717, 1.165) is 18.9 Å². The van der Waals surface area contributed by atoms with E-state index in [9.17, 15) is 0 Å². The molecule has 3 fully saturated rings. The molecule has 4 unspecified atom stereocenters. The van der Waals surface area contributed by atoms with Crippen LogP contribution in [0.3, 0.4) is 0 Å². The van der Waals surface area contributed by atoms with Gasteiger partial charge in [-0.15, -0.1) is 0 Å². The third kappa shape index (κ3) is 0.695. The molecule has 2 aliphatic heterocycles. The smallest absolute Gasteiger partial charge is 0.123 e. The lowest BCUT2D eigenvalue weighted by Crippen LogP contribution is -2.34. The molecule has 0 bridgehead atoms. The van der Waals surface area contributed by atoms with Crippen molar-refractivity contribution in [2.24, 2.45) is 5.92 Å². The van der Waals surface area contributed by atoms with Gasteiger partial charge in [0.1, 0.15) is 5.60 Å². The summed E-state index contributed by atoms with van der Waals surface area (Å²) in [7, 11) is 0. The van der Waals surface area contributed by atoms with Crippen LogP contribution in [0.2, 0.25) is 0 Å². The maximum Gasteiger partial charge on any atom is 0.123 e. The van der Waals surface area contributed by atoms with Crippen LogP contribution in [0, 0.1) is 5.92 Å². The van der Waals surface area contributed by atoms with Crippen molar-refractivity contribution in [2.45, 2.75) is 44.0 Å². The lowest BCUT2D eigenvalue weighted by atomic mass is 9.80. The highest BCUT2D eigenvalue weighted by molar-refractivity contribution is 5.14. The van der Waals surface area contributed by atoms with Crippen LogP contribution >= 0.6 is 0 Å². The molecule has 1 aliphatic carbocycles. The molecule has 0 aromatic heterocycles. The zero-order valence-electron chi connectivity index (χ0n) is 6.88. The Hall–Kier alpha value is -0.0800. The number of rotatable bonds is 0. The standard InChI is InChI=1S/C9H14O2/c1-6-4-7-9(2-3-10-7)8(5-6)11-9/h6-8H,2-5H2,1H3. The Balaban J connectivity index is 1.87. The van der Waals surface area contributed by atoms with Gasteiger partial charge in [-0.3, -0.25) is 0 Å². The van der Waals surface area contributed by atoms with Gasteiger partial charge in [-0.25, -0.2) is 0 Å². The van der Waals surface area contributed by atoms with E-state index in [0.29, 0.717) is 12.2 Å². The van der Waals surface area contributed by atoms with Crippen LogP contribution < -0.4 is 0 Å². The SMILES string of the molecule is CC1CC2OCCC23OC3C1. The lowest BCUT2D eigenvalue weighted by Gasteiger charge is -2.24. The van der Waals surface area contributed by atoms with Crippen LogP contribution in [0.4, 0.5) is 0 Å². The van der Waals surface area contributed by atoms with Crippen molar-refractivity contribution in [1.29, 1.82) is 0 Å². The van der Waals surface area contributed by atoms with E-state index in [1.54, 1.807) is 0 Å². The Bertz CT molecular complexity index is 192. The molecule has 2 nitrogen and oxygen atoms in total. The lowest BCUT2D eigenvalue weighted by molar-refractivity contribution is 0.0551. The maximum absolute atomic E-state index is 5.73. The molecule has 3 aliphatic rings. The van der Waals surface area contributed by atoms with Crippen LogP contribution in [0.1, 0.15) is 26.2 Å². The monoisotopic (exact) mass is 154 g/mol. The van der Waals surface area contributed by atoms with Gasteiger partial charge in [0.15, 0.2) is 0 Å². The molecule has 0 aromatic carbocycles. The molecule has 0 aromatic rings.